The van der Waals surface area contributed by atoms with Gasteiger partial charge in [0.1, 0.15) is 0 Å². The van der Waals surface area contributed by atoms with Crippen LogP contribution < -0.4 is 10.6 Å². The SMILES string of the molecule is CC(C)(NCc1nnnn1CCc1ccccc1)C1CCNCC1. The van der Waals surface area contributed by atoms with Gasteiger partial charge in [0.05, 0.1) is 6.54 Å². The lowest BCUT2D eigenvalue weighted by molar-refractivity contribution is 0.199. The number of hydrogen-bond acceptors (Lipinski definition) is 5. The number of aryl methyl sites for hydroxylation is 2. The van der Waals surface area contributed by atoms with Crippen molar-refractivity contribution >= 4 is 0 Å². The summed E-state index contributed by atoms with van der Waals surface area (Å²) in [5, 5.41) is 19.3. The number of hydrogen-bond donors (Lipinski definition) is 2. The molecule has 0 spiro atoms. The van der Waals surface area contributed by atoms with Crippen molar-refractivity contribution in [1.29, 1.82) is 0 Å². The molecule has 24 heavy (non-hydrogen) atoms. The summed E-state index contributed by atoms with van der Waals surface area (Å²) in [6, 6.07) is 10.5. The predicted molar refractivity (Wildman–Crippen MR) is 94.5 cm³/mol. The Morgan fingerprint density at radius 3 is 2.71 bits per heavy atom. The van der Waals surface area contributed by atoms with Crippen molar-refractivity contribution < 1.29 is 0 Å². The first-order valence-electron chi connectivity index (χ1n) is 8.90. The van der Waals surface area contributed by atoms with E-state index in [2.05, 4.69) is 64.3 Å². The molecule has 2 heterocycles. The van der Waals surface area contributed by atoms with E-state index in [0.717, 1.165) is 31.9 Å². The highest BCUT2D eigenvalue weighted by Gasteiger charge is 2.30. The fourth-order valence-electron chi connectivity index (χ4n) is 3.40. The van der Waals surface area contributed by atoms with Gasteiger partial charge in [-0.2, -0.15) is 0 Å². The maximum Gasteiger partial charge on any atom is 0.165 e. The fourth-order valence-corrected chi connectivity index (χ4v) is 3.40. The van der Waals surface area contributed by atoms with Gasteiger partial charge in [0.2, 0.25) is 0 Å². The van der Waals surface area contributed by atoms with Crippen LogP contribution in [0.15, 0.2) is 30.3 Å². The zero-order chi connectivity index (χ0) is 16.8. The van der Waals surface area contributed by atoms with Gasteiger partial charge >= 0.3 is 0 Å². The maximum absolute atomic E-state index is 4.20. The summed E-state index contributed by atoms with van der Waals surface area (Å²) in [4.78, 5) is 0. The molecule has 1 aromatic carbocycles. The van der Waals surface area contributed by atoms with E-state index in [4.69, 9.17) is 0 Å². The van der Waals surface area contributed by atoms with Crippen molar-refractivity contribution in [3.05, 3.63) is 41.7 Å². The summed E-state index contributed by atoms with van der Waals surface area (Å²) in [7, 11) is 0. The van der Waals surface area contributed by atoms with Crippen LogP contribution in [0.3, 0.4) is 0 Å². The van der Waals surface area contributed by atoms with Gasteiger partial charge < -0.3 is 10.6 Å². The Balaban J connectivity index is 1.55. The van der Waals surface area contributed by atoms with Crippen LogP contribution in [-0.2, 0) is 19.5 Å². The lowest BCUT2D eigenvalue weighted by Gasteiger charge is -2.38. The third-order valence-electron chi connectivity index (χ3n) is 5.12. The van der Waals surface area contributed by atoms with Crippen molar-refractivity contribution in [3.8, 4) is 0 Å². The van der Waals surface area contributed by atoms with Crippen LogP contribution in [-0.4, -0.2) is 38.8 Å². The Kier molecular flexibility index (Phi) is 5.58. The van der Waals surface area contributed by atoms with Crippen LogP contribution in [0.4, 0.5) is 0 Å². The van der Waals surface area contributed by atoms with Gasteiger partial charge in [-0.1, -0.05) is 30.3 Å². The quantitative estimate of drug-likeness (QED) is 0.811. The highest BCUT2D eigenvalue weighted by molar-refractivity contribution is 5.14. The van der Waals surface area contributed by atoms with Crippen LogP contribution in [0.2, 0.25) is 0 Å². The summed E-state index contributed by atoms with van der Waals surface area (Å²) in [6.07, 6.45) is 3.38. The number of piperidine rings is 1. The first kappa shape index (κ1) is 17.0. The van der Waals surface area contributed by atoms with Gasteiger partial charge in [-0.3, -0.25) is 0 Å². The second-order valence-corrected chi connectivity index (χ2v) is 7.15. The van der Waals surface area contributed by atoms with Crippen molar-refractivity contribution in [3.63, 3.8) is 0 Å². The third kappa shape index (κ3) is 4.39. The van der Waals surface area contributed by atoms with Crippen LogP contribution in [0.5, 0.6) is 0 Å². The minimum absolute atomic E-state index is 0.0955. The normalized spacial score (nSPS) is 16.4. The average Bonchev–Trinajstić information content (AvgIpc) is 3.07. The van der Waals surface area contributed by atoms with Crippen molar-refractivity contribution in [1.82, 2.24) is 30.8 Å². The lowest BCUT2D eigenvalue weighted by atomic mass is 9.81. The molecule has 0 saturated carbocycles. The molecule has 3 rings (SSSR count). The largest absolute Gasteiger partial charge is 0.317 e. The number of nitrogens with zero attached hydrogens (tertiary/aromatic N) is 4. The van der Waals surface area contributed by atoms with Crippen LogP contribution in [0.1, 0.15) is 38.1 Å². The Hall–Kier alpha value is -1.79. The second kappa shape index (κ2) is 7.85. The minimum Gasteiger partial charge on any atom is -0.317 e. The average molecular weight is 328 g/mol. The standard InChI is InChI=1S/C18H28N6/c1-18(2,16-8-11-19-12-9-16)20-14-17-21-22-23-24(17)13-10-15-6-4-3-5-7-15/h3-7,16,19-20H,8-14H2,1-2H3. The van der Waals surface area contributed by atoms with Crippen molar-refractivity contribution in [2.45, 2.75) is 51.7 Å². The summed E-state index contributed by atoms with van der Waals surface area (Å²) in [6.45, 7) is 8.33. The number of tetrazole rings is 1. The molecule has 0 radical (unpaired) electrons. The Bertz CT molecular complexity index is 615. The van der Waals surface area contributed by atoms with E-state index in [9.17, 15) is 0 Å². The molecule has 0 atom stereocenters. The fraction of sp³-hybridized carbons (Fsp3) is 0.611. The Labute approximate surface area is 144 Å². The van der Waals surface area contributed by atoms with Gasteiger partial charge in [0, 0.05) is 12.1 Å². The van der Waals surface area contributed by atoms with E-state index in [0.29, 0.717) is 12.5 Å². The Morgan fingerprint density at radius 1 is 1.21 bits per heavy atom. The monoisotopic (exact) mass is 328 g/mol. The highest BCUT2D eigenvalue weighted by atomic mass is 15.5. The minimum atomic E-state index is 0.0955. The second-order valence-electron chi connectivity index (χ2n) is 7.15. The molecular weight excluding hydrogens is 300 g/mol. The summed E-state index contributed by atoms with van der Waals surface area (Å²) in [5.41, 5.74) is 1.40. The number of benzene rings is 1. The van der Waals surface area contributed by atoms with Crippen LogP contribution in [0.25, 0.3) is 0 Å². The third-order valence-corrected chi connectivity index (χ3v) is 5.12. The molecule has 0 bridgehead atoms. The molecule has 130 valence electrons. The predicted octanol–water partition coefficient (Wildman–Crippen LogP) is 1.78. The lowest BCUT2D eigenvalue weighted by Crippen LogP contribution is -2.49. The van der Waals surface area contributed by atoms with Crippen molar-refractivity contribution in [2.75, 3.05) is 13.1 Å². The first-order chi connectivity index (χ1) is 11.6. The molecule has 6 nitrogen and oxygen atoms in total. The van der Waals surface area contributed by atoms with E-state index in [-0.39, 0.29) is 5.54 Å². The molecule has 1 saturated heterocycles. The summed E-state index contributed by atoms with van der Waals surface area (Å²) < 4.78 is 1.92. The van der Waals surface area contributed by atoms with Gasteiger partial charge in [0.25, 0.3) is 0 Å². The molecule has 0 unspecified atom stereocenters. The number of aromatic nitrogens is 4. The molecule has 6 heteroatoms. The Morgan fingerprint density at radius 2 is 1.96 bits per heavy atom. The molecule has 2 N–H and O–H groups in total. The molecule has 1 aliphatic rings. The van der Waals surface area contributed by atoms with Crippen LogP contribution >= 0.6 is 0 Å². The van der Waals surface area contributed by atoms with Crippen molar-refractivity contribution in [2.24, 2.45) is 5.92 Å². The number of nitrogens with one attached hydrogen (secondary N) is 2. The first-order valence-corrected chi connectivity index (χ1v) is 8.90. The molecule has 0 amide bonds. The number of rotatable bonds is 7. The molecular formula is C18H28N6. The maximum atomic E-state index is 4.20. The van der Waals surface area contributed by atoms with E-state index < -0.39 is 0 Å². The summed E-state index contributed by atoms with van der Waals surface area (Å²) in [5.74, 6) is 1.60. The van der Waals surface area contributed by atoms with Gasteiger partial charge in [0.15, 0.2) is 5.82 Å². The van der Waals surface area contributed by atoms with E-state index in [1.54, 1.807) is 0 Å². The van der Waals surface area contributed by atoms with Gasteiger partial charge in [-0.25, -0.2) is 4.68 Å². The molecule has 1 fully saturated rings. The topological polar surface area (TPSA) is 67.7 Å². The van der Waals surface area contributed by atoms with E-state index in [1.807, 2.05) is 10.7 Å². The van der Waals surface area contributed by atoms with Crippen LogP contribution in [0, 0.1) is 5.92 Å². The van der Waals surface area contributed by atoms with Gasteiger partial charge in [-0.15, -0.1) is 5.10 Å². The van der Waals surface area contributed by atoms with E-state index in [1.165, 1.54) is 18.4 Å². The smallest absolute Gasteiger partial charge is 0.165 e. The molecule has 1 aliphatic heterocycles. The molecule has 2 aromatic rings. The molecule has 0 aliphatic carbocycles. The highest BCUT2D eigenvalue weighted by Crippen LogP contribution is 2.25. The van der Waals surface area contributed by atoms with E-state index >= 15 is 0 Å². The zero-order valence-electron chi connectivity index (χ0n) is 14.7. The van der Waals surface area contributed by atoms with Gasteiger partial charge in [-0.05, 0) is 68.1 Å². The zero-order valence-corrected chi connectivity index (χ0v) is 14.7. The molecule has 1 aromatic heterocycles. The summed E-state index contributed by atoms with van der Waals surface area (Å²) >= 11 is 0.